The van der Waals surface area contributed by atoms with Gasteiger partial charge >= 0.3 is 5.97 Å². The maximum Gasteiger partial charge on any atom is 0.341 e. The van der Waals surface area contributed by atoms with Crippen LogP contribution in [0.1, 0.15) is 39.2 Å². The first-order valence-electron chi connectivity index (χ1n) is 9.98. The van der Waals surface area contributed by atoms with E-state index in [9.17, 15) is 9.59 Å². The van der Waals surface area contributed by atoms with Gasteiger partial charge in [0.05, 0.1) is 19.1 Å². The number of anilines is 1. The van der Waals surface area contributed by atoms with Gasteiger partial charge < -0.3 is 14.8 Å². The average Bonchev–Trinajstić information content (AvgIpc) is 3.11. The highest BCUT2D eigenvalue weighted by Gasteiger charge is 2.26. The Bertz CT molecular complexity index is 1060. The van der Waals surface area contributed by atoms with Crippen molar-refractivity contribution in [3.63, 3.8) is 0 Å². The van der Waals surface area contributed by atoms with Crippen LogP contribution in [-0.2, 0) is 28.8 Å². The topological polar surface area (TPSA) is 64.6 Å². The molecule has 1 aromatic heterocycles. The molecule has 0 fully saturated rings. The minimum absolute atomic E-state index is 0.171. The SMILES string of the molecule is COC(=O)c1c(NC(=O)Cc2cccc(Oc3ccccc3)c2)sc2c1CCCC2. The number of fused-ring (bicyclic) bond motifs is 1. The summed E-state index contributed by atoms with van der Waals surface area (Å²) in [6.45, 7) is 0. The first-order chi connectivity index (χ1) is 14.6. The predicted octanol–water partition coefficient (Wildman–Crippen LogP) is 5.39. The number of ether oxygens (including phenoxy) is 2. The summed E-state index contributed by atoms with van der Waals surface area (Å²) in [7, 11) is 1.37. The molecular formula is C24H23NO4S. The smallest absolute Gasteiger partial charge is 0.341 e. The van der Waals surface area contributed by atoms with Crippen LogP contribution in [-0.4, -0.2) is 19.0 Å². The van der Waals surface area contributed by atoms with Gasteiger partial charge in [-0.3, -0.25) is 4.79 Å². The van der Waals surface area contributed by atoms with Crippen molar-refractivity contribution in [2.75, 3.05) is 12.4 Å². The summed E-state index contributed by atoms with van der Waals surface area (Å²) in [6, 6.07) is 17.0. The molecule has 1 amide bonds. The lowest BCUT2D eigenvalue weighted by Gasteiger charge is -2.12. The number of para-hydroxylation sites is 1. The van der Waals surface area contributed by atoms with Crippen LogP contribution in [0, 0.1) is 0 Å². The minimum Gasteiger partial charge on any atom is -0.465 e. The highest BCUT2D eigenvalue weighted by atomic mass is 32.1. The van der Waals surface area contributed by atoms with E-state index in [1.807, 2.05) is 54.6 Å². The van der Waals surface area contributed by atoms with Crippen molar-refractivity contribution in [2.24, 2.45) is 0 Å². The van der Waals surface area contributed by atoms with Gasteiger partial charge in [0.25, 0.3) is 0 Å². The van der Waals surface area contributed by atoms with Crippen molar-refractivity contribution < 1.29 is 19.1 Å². The monoisotopic (exact) mass is 421 g/mol. The maximum atomic E-state index is 12.7. The summed E-state index contributed by atoms with van der Waals surface area (Å²) in [5.74, 6) is 0.859. The molecule has 0 bridgehead atoms. The predicted molar refractivity (Wildman–Crippen MR) is 118 cm³/mol. The average molecular weight is 422 g/mol. The lowest BCUT2D eigenvalue weighted by Crippen LogP contribution is -2.16. The molecule has 0 saturated heterocycles. The third-order valence-corrected chi connectivity index (χ3v) is 6.26. The Morgan fingerprint density at radius 2 is 1.77 bits per heavy atom. The van der Waals surface area contributed by atoms with Gasteiger partial charge in [0.1, 0.15) is 16.5 Å². The normalized spacial score (nSPS) is 12.7. The second-order valence-corrected chi connectivity index (χ2v) is 8.30. The molecule has 4 rings (SSSR count). The standard InChI is InChI=1S/C24H23NO4S/c1-28-24(27)22-19-12-5-6-13-20(19)30-23(22)25-21(26)15-16-8-7-11-18(14-16)29-17-9-3-2-4-10-17/h2-4,7-11,14H,5-6,12-13,15H2,1H3,(H,25,26). The number of hydrogen-bond donors (Lipinski definition) is 1. The maximum absolute atomic E-state index is 12.7. The molecule has 1 N–H and O–H groups in total. The zero-order valence-corrected chi connectivity index (χ0v) is 17.6. The molecule has 1 aliphatic carbocycles. The molecule has 0 saturated carbocycles. The van der Waals surface area contributed by atoms with Gasteiger partial charge in [0.15, 0.2) is 0 Å². The van der Waals surface area contributed by atoms with E-state index in [4.69, 9.17) is 9.47 Å². The zero-order chi connectivity index (χ0) is 20.9. The molecule has 0 unspecified atom stereocenters. The van der Waals surface area contributed by atoms with Gasteiger partial charge in [-0.1, -0.05) is 30.3 Å². The fourth-order valence-corrected chi connectivity index (χ4v) is 4.97. The molecule has 30 heavy (non-hydrogen) atoms. The van der Waals surface area contributed by atoms with Gasteiger partial charge in [-0.2, -0.15) is 0 Å². The first kappa shape index (κ1) is 20.2. The minimum atomic E-state index is -0.386. The van der Waals surface area contributed by atoms with E-state index in [1.54, 1.807) is 0 Å². The Hall–Kier alpha value is -3.12. The largest absolute Gasteiger partial charge is 0.465 e. The lowest BCUT2D eigenvalue weighted by molar-refractivity contribution is -0.115. The van der Waals surface area contributed by atoms with Gasteiger partial charge in [0.2, 0.25) is 5.91 Å². The number of aryl methyl sites for hydroxylation is 1. The molecular weight excluding hydrogens is 398 g/mol. The van der Waals surface area contributed by atoms with Crippen molar-refractivity contribution >= 4 is 28.2 Å². The van der Waals surface area contributed by atoms with Crippen LogP contribution >= 0.6 is 11.3 Å². The number of carbonyl (C=O) groups is 2. The third-order valence-electron chi connectivity index (χ3n) is 5.06. The van der Waals surface area contributed by atoms with Crippen LogP contribution in [0.3, 0.4) is 0 Å². The van der Waals surface area contributed by atoms with E-state index in [2.05, 4.69) is 5.32 Å². The highest BCUT2D eigenvalue weighted by Crippen LogP contribution is 2.38. The number of nitrogens with one attached hydrogen (secondary N) is 1. The van der Waals surface area contributed by atoms with E-state index < -0.39 is 0 Å². The Labute approximate surface area is 179 Å². The van der Waals surface area contributed by atoms with Gasteiger partial charge in [-0.15, -0.1) is 11.3 Å². The summed E-state index contributed by atoms with van der Waals surface area (Å²) in [5, 5.41) is 3.53. The van der Waals surface area contributed by atoms with Crippen LogP contribution in [0.2, 0.25) is 0 Å². The molecule has 6 heteroatoms. The Morgan fingerprint density at radius 3 is 2.57 bits per heavy atom. The number of hydrogen-bond acceptors (Lipinski definition) is 5. The summed E-state index contributed by atoms with van der Waals surface area (Å²) in [5.41, 5.74) is 2.39. The number of carbonyl (C=O) groups excluding carboxylic acids is 2. The Kier molecular flexibility index (Phi) is 6.14. The molecule has 0 radical (unpaired) electrons. The summed E-state index contributed by atoms with van der Waals surface area (Å²) >= 11 is 1.49. The molecule has 3 aromatic rings. The van der Waals surface area contributed by atoms with Crippen LogP contribution in [0.15, 0.2) is 54.6 Å². The Balaban J connectivity index is 1.48. The van der Waals surface area contributed by atoms with Gasteiger partial charge in [0, 0.05) is 4.88 Å². The van der Waals surface area contributed by atoms with Crippen LogP contribution < -0.4 is 10.1 Å². The number of esters is 1. The van der Waals surface area contributed by atoms with E-state index in [1.165, 1.54) is 23.3 Å². The quantitative estimate of drug-likeness (QED) is 0.542. The van der Waals surface area contributed by atoms with Crippen molar-refractivity contribution in [3.8, 4) is 11.5 Å². The molecule has 0 aliphatic heterocycles. The summed E-state index contributed by atoms with van der Waals surface area (Å²) in [6.07, 6.45) is 4.14. The van der Waals surface area contributed by atoms with Crippen molar-refractivity contribution in [1.29, 1.82) is 0 Å². The fraction of sp³-hybridized carbons (Fsp3) is 0.250. The van der Waals surface area contributed by atoms with Gasteiger partial charge in [-0.05, 0) is 61.1 Å². The number of thiophene rings is 1. The molecule has 1 heterocycles. The van der Waals surface area contributed by atoms with E-state index in [0.717, 1.165) is 42.6 Å². The van der Waals surface area contributed by atoms with E-state index >= 15 is 0 Å². The molecule has 154 valence electrons. The lowest BCUT2D eigenvalue weighted by atomic mass is 9.95. The molecule has 2 aromatic carbocycles. The summed E-state index contributed by atoms with van der Waals surface area (Å²) < 4.78 is 10.8. The number of benzene rings is 2. The molecule has 1 aliphatic rings. The fourth-order valence-electron chi connectivity index (χ4n) is 3.67. The van der Waals surface area contributed by atoms with Crippen molar-refractivity contribution in [2.45, 2.75) is 32.1 Å². The molecule has 5 nitrogen and oxygen atoms in total. The number of methoxy groups -OCH3 is 1. The third kappa shape index (κ3) is 4.54. The molecule has 0 atom stereocenters. The summed E-state index contributed by atoms with van der Waals surface area (Å²) in [4.78, 5) is 26.2. The van der Waals surface area contributed by atoms with Crippen molar-refractivity contribution in [1.82, 2.24) is 0 Å². The molecule has 0 spiro atoms. The second-order valence-electron chi connectivity index (χ2n) is 7.19. The van der Waals surface area contributed by atoms with E-state index in [-0.39, 0.29) is 18.3 Å². The zero-order valence-electron chi connectivity index (χ0n) is 16.8. The first-order valence-corrected chi connectivity index (χ1v) is 10.8. The van der Waals surface area contributed by atoms with E-state index in [0.29, 0.717) is 16.3 Å². The second kappa shape index (κ2) is 9.13. The van der Waals surface area contributed by atoms with Crippen LogP contribution in [0.25, 0.3) is 0 Å². The van der Waals surface area contributed by atoms with Crippen LogP contribution in [0.4, 0.5) is 5.00 Å². The highest BCUT2D eigenvalue weighted by molar-refractivity contribution is 7.17. The van der Waals surface area contributed by atoms with Gasteiger partial charge in [-0.25, -0.2) is 4.79 Å². The number of rotatable bonds is 6. The van der Waals surface area contributed by atoms with Crippen LogP contribution in [0.5, 0.6) is 11.5 Å². The number of amides is 1. The Morgan fingerprint density at radius 1 is 1.00 bits per heavy atom. The van der Waals surface area contributed by atoms with Crippen molar-refractivity contribution in [3.05, 3.63) is 76.2 Å².